The number of aromatic nitrogens is 4. The van der Waals surface area contributed by atoms with Crippen molar-refractivity contribution in [3.8, 4) is 17.2 Å². The van der Waals surface area contributed by atoms with Crippen molar-refractivity contribution in [1.29, 1.82) is 0 Å². The lowest BCUT2D eigenvalue weighted by atomic mass is 10.1. The first-order chi connectivity index (χ1) is 16.9. The van der Waals surface area contributed by atoms with Gasteiger partial charge in [-0.05, 0) is 30.2 Å². The van der Waals surface area contributed by atoms with E-state index >= 15 is 0 Å². The fraction of sp³-hybridized carbons (Fsp3) is 0.208. The summed E-state index contributed by atoms with van der Waals surface area (Å²) in [5.41, 5.74) is 0.778. The smallest absolute Gasteiger partial charge is 0.294 e. The van der Waals surface area contributed by atoms with E-state index in [4.69, 9.17) is 9.47 Å². The Hall–Kier alpha value is -4.51. The number of fused-ring (bicyclic) bond motifs is 1. The number of hydrogen-bond donors (Lipinski definition) is 1. The van der Waals surface area contributed by atoms with Gasteiger partial charge >= 0.3 is 0 Å². The first-order valence-corrected chi connectivity index (χ1v) is 10.7. The number of aliphatic hydroxyl groups excluding tert-OH is 1. The Labute approximate surface area is 199 Å². The van der Waals surface area contributed by atoms with Crippen LogP contribution in [0, 0.1) is 10.1 Å². The number of methoxy groups -OCH3 is 1. The van der Waals surface area contributed by atoms with Crippen LogP contribution in [0.2, 0.25) is 0 Å². The molecule has 4 aromatic rings. The van der Waals surface area contributed by atoms with Crippen LogP contribution < -0.4 is 15.0 Å². The first-order valence-electron chi connectivity index (χ1n) is 10.7. The molecule has 0 aliphatic carbocycles. The van der Waals surface area contributed by atoms with Crippen molar-refractivity contribution in [2.24, 2.45) is 0 Å². The van der Waals surface area contributed by atoms with Gasteiger partial charge in [-0.15, -0.1) is 6.58 Å². The van der Waals surface area contributed by atoms with Crippen LogP contribution in [0.15, 0.2) is 72.4 Å². The SMILES string of the molecule is C=CCc1ccc(OCC(O)Cn2cnc3c(cnn3-c3ccccc3[N+](=O)[O-])c2=O)c(OC)c1. The van der Waals surface area contributed by atoms with Gasteiger partial charge in [-0.25, -0.2) is 9.67 Å². The average molecular weight is 477 g/mol. The molecule has 0 aliphatic rings. The van der Waals surface area contributed by atoms with Crippen molar-refractivity contribution >= 4 is 16.7 Å². The second kappa shape index (κ2) is 10.2. The molecule has 4 rings (SSSR count). The van der Waals surface area contributed by atoms with E-state index < -0.39 is 16.6 Å². The van der Waals surface area contributed by atoms with Crippen LogP contribution >= 0.6 is 0 Å². The molecule has 2 aromatic carbocycles. The van der Waals surface area contributed by atoms with Gasteiger partial charge in [0.1, 0.15) is 30.1 Å². The van der Waals surface area contributed by atoms with Crippen molar-refractivity contribution < 1.29 is 19.5 Å². The summed E-state index contributed by atoms with van der Waals surface area (Å²) in [6.07, 6.45) is 4.02. The van der Waals surface area contributed by atoms with E-state index in [0.717, 1.165) is 5.56 Å². The molecule has 0 radical (unpaired) electrons. The molecule has 35 heavy (non-hydrogen) atoms. The maximum absolute atomic E-state index is 13.0. The number of nitro benzene ring substituents is 1. The largest absolute Gasteiger partial charge is 0.493 e. The van der Waals surface area contributed by atoms with Gasteiger partial charge in [-0.3, -0.25) is 19.5 Å². The first kappa shape index (κ1) is 23.6. The van der Waals surface area contributed by atoms with Gasteiger partial charge in [0.2, 0.25) is 0 Å². The van der Waals surface area contributed by atoms with Crippen molar-refractivity contribution in [1.82, 2.24) is 19.3 Å². The highest BCUT2D eigenvalue weighted by Gasteiger charge is 2.20. The third kappa shape index (κ3) is 4.89. The number of ether oxygens (including phenoxy) is 2. The molecule has 0 amide bonds. The molecular formula is C24H23N5O6. The Bertz CT molecular complexity index is 1440. The normalized spacial score (nSPS) is 11.8. The zero-order valence-electron chi connectivity index (χ0n) is 18.9. The fourth-order valence-corrected chi connectivity index (χ4v) is 3.64. The van der Waals surface area contributed by atoms with Gasteiger partial charge in [0.05, 0.1) is 24.8 Å². The summed E-state index contributed by atoms with van der Waals surface area (Å²) >= 11 is 0. The third-order valence-corrected chi connectivity index (χ3v) is 5.31. The minimum absolute atomic E-state index is 0.0741. The van der Waals surface area contributed by atoms with Gasteiger partial charge in [-0.2, -0.15) is 5.10 Å². The molecule has 11 nitrogen and oxygen atoms in total. The Kier molecular flexibility index (Phi) is 6.88. The number of nitrogens with zero attached hydrogens (tertiary/aromatic N) is 5. The molecule has 2 aromatic heterocycles. The molecule has 0 aliphatic heterocycles. The van der Waals surface area contributed by atoms with Crippen LogP contribution in [0.25, 0.3) is 16.7 Å². The van der Waals surface area contributed by atoms with E-state index in [1.54, 1.807) is 24.3 Å². The summed E-state index contributed by atoms with van der Waals surface area (Å²) in [6.45, 7) is 3.56. The van der Waals surface area contributed by atoms with Crippen molar-refractivity contribution in [2.45, 2.75) is 19.1 Å². The van der Waals surface area contributed by atoms with Crippen LogP contribution in [-0.4, -0.2) is 49.2 Å². The Balaban J connectivity index is 1.52. The van der Waals surface area contributed by atoms with Gasteiger partial charge in [0.25, 0.3) is 11.2 Å². The highest BCUT2D eigenvalue weighted by molar-refractivity contribution is 5.76. The number of allylic oxidation sites excluding steroid dienone is 1. The highest BCUT2D eigenvalue weighted by Crippen LogP contribution is 2.28. The predicted molar refractivity (Wildman–Crippen MR) is 128 cm³/mol. The topological polar surface area (TPSA) is 135 Å². The van der Waals surface area contributed by atoms with E-state index in [9.17, 15) is 20.0 Å². The van der Waals surface area contributed by atoms with Crippen LogP contribution in [0.5, 0.6) is 11.5 Å². The number of hydrogen-bond acceptors (Lipinski definition) is 8. The van der Waals surface area contributed by atoms with Crippen LogP contribution in [-0.2, 0) is 13.0 Å². The van der Waals surface area contributed by atoms with Crippen LogP contribution in [0.3, 0.4) is 0 Å². The predicted octanol–water partition coefficient (Wildman–Crippen LogP) is 2.67. The minimum atomic E-state index is -1.02. The van der Waals surface area contributed by atoms with Crippen molar-refractivity contribution in [2.75, 3.05) is 13.7 Å². The number of aliphatic hydroxyl groups is 1. The summed E-state index contributed by atoms with van der Waals surface area (Å²) in [7, 11) is 1.53. The highest BCUT2D eigenvalue weighted by atomic mass is 16.6. The summed E-state index contributed by atoms with van der Waals surface area (Å²) in [6, 6.07) is 11.5. The van der Waals surface area contributed by atoms with E-state index in [-0.39, 0.29) is 35.6 Å². The molecule has 1 unspecified atom stereocenters. The van der Waals surface area contributed by atoms with E-state index in [1.807, 2.05) is 12.1 Å². The van der Waals surface area contributed by atoms with Gasteiger partial charge in [-0.1, -0.05) is 24.3 Å². The summed E-state index contributed by atoms with van der Waals surface area (Å²) < 4.78 is 13.6. The minimum Gasteiger partial charge on any atom is -0.493 e. The molecule has 0 saturated heterocycles. The monoisotopic (exact) mass is 477 g/mol. The molecule has 1 atom stereocenters. The van der Waals surface area contributed by atoms with Gasteiger partial charge in [0.15, 0.2) is 17.1 Å². The lowest BCUT2D eigenvalue weighted by Crippen LogP contribution is -2.30. The van der Waals surface area contributed by atoms with Gasteiger partial charge < -0.3 is 14.6 Å². The van der Waals surface area contributed by atoms with Gasteiger partial charge in [0, 0.05) is 6.07 Å². The lowest BCUT2D eigenvalue weighted by molar-refractivity contribution is -0.384. The Morgan fingerprint density at radius 3 is 2.80 bits per heavy atom. The van der Waals surface area contributed by atoms with E-state index in [2.05, 4.69) is 16.7 Å². The van der Waals surface area contributed by atoms with Crippen LogP contribution in [0.4, 0.5) is 5.69 Å². The van der Waals surface area contributed by atoms with E-state index in [1.165, 1.54) is 41.0 Å². The standard InChI is InChI=1S/C24H23N5O6/c1-3-6-16-9-10-21(22(11-16)34-2)35-14-17(30)13-27-15-25-23-18(24(27)31)12-26-28(23)19-7-4-5-8-20(19)29(32)33/h3-5,7-12,15,17,30H,1,6,13-14H2,2H3. The Morgan fingerprint density at radius 2 is 2.06 bits per heavy atom. The molecular weight excluding hydrogens is 454 g/mol. The van der Waals surface area contributed by atoms with Crippen molar-refractivity contribution in [3.63, 3.8) is 0 Å². The van der Waals surface area contributed by atoms with E-state index in [0.29, 0.717) is 17.9 Å². The molecule has 11 heteroatoms. The summed E-state index contributed by atoms with van der Waals surface area (Å²) in [4.78, 5) is 28.1. The summed E-state index contributed by atoms with van der Waals surface area (Å²) in [5.74, 6) is 0.991. The van der Waals surface area contributed by atoms with Crippen LogP contribution in [0.1, 0.15) is 5.56 Å². The van der Waals surface area contributed by atoms with Crippen molar-refractivity contribution in [3.05, 3.63) is 93.7 Å². The second-order valence-electron chi connectivity index (χ2n) is 7.68. The Morgan fingerprint density at radius 1 is 1.26 bits per heavy atom. The maximum Gasteiger partial charge on any atom is 0.294 e. The average Bonchev–Trinajstić information content (AvgIpc) is 3.29. The quantitative estimate of drug-likeness (QED) is 0.209. The number of benzene rings is 2. The molecule has 0 bridgehead atoms. The molecule has 2 heterocycles. The zero-order chi connectivity index (χ0) is 24.9. The molecule has 0 fully saturated rings. The maximum atomic E-state index is 13.0. The zero-order valence-corrected chi connectivity index (χ0v) is 18.9. The number of nitro groups is 1. The lowest BCUT2D eigenvalue weighted by Gasteiger charge is -2.16. The molecule has 0 spiro atoms. The second-order valence-corrected chi connectivity index (χ2v) is 7.68. The number of para-hydroxylation sites is 2. The molecule has 180 valence electrons. The molecule has 1 N–H and O–H groups in total. The number of rotatable bonds is 10. The summed E-state index contributed by atoms with van der Waals surface area (Å²) in [5, 5.41) is 26.2. The third-order valence-electron chi connectivity index (χ3n) is 5.31. The fourth-order valence-electron chi connectivity index (χ4n) is 3.64. The molecule has 0 saturated carbocycles.